The van der Waals surface area contributed by atoms with Crippen LogP contribution in [-0.4, -0.2) is 53.3 Å². The fourth-order valence-electron chi connectivity index (χ4n) is 2.63. The van der Waals surface area contributed by atoms with Gasteiger partial charge >= 0.3 is 0 Å². The molecule has 2 N–H and O–H groups in total. The Balaban J connectivity index is 2.13. The van der Waals surface area contributed by atoms with Crippen LogP contribution in [-0.2, 0) is 19.6 Å². The number of benzene rings is 2. The van der Waals surface area contributed by atoms with E-state index >= 15 is 0 Å². The van der Waals surface area contributed by atoms with E-state index in [2.05, 4.69) is 26.6 Å². The minimum Gasteiger partial charge on any atom is -0.385 e. The Morgan fingerprint density at radius 2 is 1.77 bits per heavy atom. The van der Waals surface area contributed by atoms with Crippen molar-refractivity contribution in [3.05, 3.63) is 58.6 Å². The number of rotatable bonds is 10. The van der Waals surface area contributed by atoms with Gasteiger partial charge in [-0.05, 0) is 42.8 Å². The summed E-state index contributed by atoms with van der Waals surface area (Å²) >= 11 is 3.30. The molecule has 30 heavy (non-hydrogen) atoms. The third-order valence-corrected chi connectivity index (χ3v) is 5.73. The summed E-state index contributed by atoms with van der Waals surface area (Å²) in [5.41, 5.74) is 0.953. The van der Waals surface area contributed by atoms with Gasteiger partial charge in [0.15, 0.2) is 0 Å². The number of amides is 2. The number of carbonyl (C=O) groups excluding carboxylic acids is 2. The summed E-state index contributed by atoms with van der Waals surface area (Å²) in [6.07, 6.45) is 1.69. The van der Waals surface area contributed by atoms with Crippen molar-refractivity contribution in [2.24, 2.45) is 0 Å². The van der Waals surface area contributed by atoms with Gasteiger partial charge in [-0.25, -0.2) is 8.42 Å². The van der Waals surface area contributed by atoms with Crippen LogP contribution in [0.1, 0.15) is 16.8 Å². The van der Waals surface area contributed by atoms with Gasteiger partial charge in [-0.15, -0.1) is 0 Å². The van der Waals surface area contributed by atoms with Gasteiger partial charge in [-0.1, -0.05) is 28.1 Å². The molecule has 8 nitrogen and oxygen atoms in total. The van der Waals surface area contributed by atoms with E-state index in [1.807, 2.05) is 0 Å². The van der Waals surface area contributed by atoms with Crippen molar-refractivity contribution >= 4 is 49.1 Å². The van der Waals surface area contributed by atoms with Crippen molar-refractivity contribution in [2.45, 2.75) is 6.42 Å². The van der Waals surface area contributed by atoms with E-state index in [0.717, 1.165) is 15.0 Å². The molecule has 0 aliphatic heterocycles. The summed E-state index contributed by atoms with van der Waals surface area (Å²) in [4.78, 5) is 25.0. The summed E-state index contributed by atoms with van der Waals surface area (Å²) in [5.74, 6) is -0.905. The SMILES string of the molecule is COCCCNC(=O)c1ccccc1NC(=O)CN(c1ccc(Br)cc1)S(C)(=O)=O. The highest BCUT2D eigenvalue weighted by Crippen LogP contribution is 2.21. The van der Waals surface area contributed by atoms with Crippen LogP contribution in [0.5, 0.6) is 0 Å². The molecule has 2 amide bonds. The summed E-state index contributed by atoms with van der Waals surface area (Å²) in [6, 6.07) is 13.1. The van der Waals surface area contributed by atoms with Crippen molar-refractivity contribution in [1.82, 2.24) is 5.32 Å². The predicted molar refractivity (Wildman–Crippen MR) is 120 cm³/mol. The summed E-state index contributed by atoms with van der Waals surface area (Å²) < 4.78 is 31.2. The van der Waals surface area contributed by atoms with Crippen molar-refractivity contribution < 1.29 is 22.7 Å². The number of sulfonamides is 1. The van der Waals surface area contributed by atoms with Crippen LogP contribution in [0.25, 0.3) is 0 Å². The fourth-order valence-corrected chi connectivity index (χ4v) is 3.75. The van der Waals surface area contributed by atoms with E-state index in [-0.39, 0.29) is 11.5 Å². The van der Waals surface area contributed by atoms with Crippen molar-refractivity contribution in [3.8, 4) is 0 Å². The molecule has 0 saturated carbocycles. The summed E-state index contributed by atoms with van der Waals surface area (Å²) in [5, 5.41) is 5.40. The maximum atomic E-state index is 12.6. The maximum Gasteiger partial charge on any atom is 0.253 e. The Labute approximate surface area is 184 Å². The molecule has 0 atom stereocenters. The van der Waals surface area contributed by atoms with E-state index in [4.69, 9.17) is 4.74 Å². The Hall–Kier alpha value is -2.43. The first-order valence-electron chi connectivity index (χ1n) is 9.11. The van der Waals surface area contributed by atoms with Crippen molar-refractivity contribution in [3.63, 3.8) is 0 Å². The lowest BCUT2D eigenvalue weighted by atomic mass is 10.1. The predicted octanol–water partition coefficient (Wildman–Crippen LogP) is 2.62. The molecule has 0 bridgehead atoms. The van der Waals surface area contributed by atoms with Crippen LogP contribution in [0.2, 0.25) is 0 Å². The first kappa shape index (κ1) is 23.8. The monoisotopic (exact) mass is 497 g/mol. The number of methoxy groups -OCH3 is 1. The average Bonchev–Trinajstić information content (AvgIpc) is 2.70. The van der Waals surface area contributed by atoms with Gasteiger partial charge in [0.2, 0.25) is 15.9 Å². The topological polar surface area (TPSA) is 105 Å². The fraction of sp³-hybridized carbons (Fsp3) is 0.300. The number of anilines is 2. The summed E-state index contributed by atoms with van der Waals surface area (Å²) in [7, 11) is -2.11. The Kier molecular flexibility index (Phi) is 8.82. The standard InChI is InChI=1S/C20H24BrN3O5S/c1-29-13-5-12-22-20(26)17-6-3-4-7-18(17)23-19(25)14-24(30(2,27)28)16-10-8-15(21)9-11-16/h3-4,6-11H,5,12-14H2,1-2H3,(H,22,26)(H,23,25). The third-order valence-electron chi connectivity index (χ3n) is 4.06. The lowest BCUT2D eigenvalue weighted by Gasteiger charge is -2.22. The lowest BCUT2D eigenvalue weighted by molar-refractivity contribution is -0.114. The number of halogens is 1. The zero-order valence-corrected chi connectivity index (χ0v) is 19.1. The Morgan fingerprint density at radius 3 is 2.40 bits per heavy atom. The quantitative estimate of drug-likeness (QED) is 0.490. The molecule has 2 aromatic rings. The largest absolute Gasteiger partial charge is 0.385 e. The number of hydrogen-bond donors (Lipinski definition) is 2. The first-order valence-corrected chi connectivity index (χ1v) is 11.8. The van der Waals surface area contributed by atoms with Crippen LogP contribution in [0, 0.1) is 0 Å². The highest BCUT2D eigenvalue weighted by molar-refractivity contribution is 9.10. The molecule has 0 aliphatic carbocycles. The van der Waals surface area contributed by atoms with Crippen molar-refractivity contribution in [1.29, 1.82) is 0 Å². The van der Waals surface area contributed by atoms with E-state index in [1.54, 1.807) is 55.6 Å². The lowest BCUT2D eigenvalue weighted by Crippen LogP contribution is -2.37. The molecule has 162 valence electrons. The summed E-state index contributed by atoms with van der Waals surface area (Å²) in [6.45, 7) is 0.528. The minimum absolute atomic E-state index is 0.290. The molecule has 0 unspecified atom stereocenters. The van der Waals surface area contributed by atoms with Gasteiger partial charge in [0.1, 0.15) is 6.54 Å². The van der Waals surface area contributed by atoms with Crippen LogP contribution < -0.4 is 14.9 Å². The van der Waals surface area contributed by atoms with Gasteiger partial charge in [0.05, 0.1) is 23.2 Å². The van der Waals surface area contributed by atoms with E-state index in [1.165, 1.54) is 0 Å². The van der Waals surface area contributed by atoms with Gasteiger partial charge in [0, 0.05) is 24.7 Å². The van der Waals surface area contributed by atoms with Crippen LogP contribution >= 0.6 is 15.9 Å². The Morgan fingerprint density at radius 1 is 1.10 bits per heavy atom. The second-order valence-electron chi connectivity index (χ2n) is 6.44. The molecule has 0 radical (unpaired) electrons. The molecular formula is C20H24BrN3O5S. The van der Waals surface area contributed by atoms with Crippen molar-refractivity contribution in [2.75, 3.05) is 42.7 Å². The highest BCUT2D eigenvalue weighted by atomic mass is 79.9. The normalized spacial score (nSPS) is 11.0. The molecule has 0 aromatic heterocycles. The van der Waals surface area contributed by atoms with Crippen LogP contribution in [0.15, 0.2) is 53.0 Å². The van der Waals surface area contributed by atoms with E-state index in [9.17, 15) is 18.0 Å². The number of carbonyl (C=O) groups is 2. The average molecular weight is 498 g/mol. The molecule has 0 fully saturated rings. The minimum atomic E-state index is -3.70. The molecule has 0 spiro atoms. The first-order chi connectivity index (χ1) is 14.2. The van der Waals surface area contributed by atoms with Gasteiger partial charge in [-0.2, -0.15) is 0 Å². The number of hydrogen-bond acceptors (Lipinski definition) is 5. The third kappa shape index (κ3) is 7.12. The smallest absolute Gasteiger partial charge is 0.253 e. The van der Waals surface area contributed by atoms with Gasteiger partial charge < -0.3 is 15.4 Å². The van der Waals surface area contributed by atoms with Crippen LogP contribution in [0.3, 0.4) is 0 Å². The molecule has 2 aromatic carbocycles. The van der Waals surface area contributed by atoms with E-state index in [0.29, 0.717) is 30.9 Å². The van der Waals surface area contributed by atoms with Crippen LogP contribution in [0.4, 0.5) is 11.4 Å². The maximum absolute atomic E-state index is 12.6. The second kappa shape index (κ2) is 11.1. The second-order valence-corrected chi connectivity index (χ2v) is 9.26. The molecular weight excluding hydrogens is 474 g/mol. The zero-order valence-electron chi connectivity index (χ0n) is 16.7. The number of nitrogens with one attached hydrogen (secondary N) is 2. The number of nitrogens with zero attached hydrogens (tertiary/aromatic N) is 1. The molecule has 0 aliphatic rings. The number of ether oxygens (including phenoxy) is 1. The van der Waals surface area contributed by atoms with Gasteiger partial charge in [0.25, 0.3) is 5.91 Å². The molecule has 10 heteroatoms. The molecule has 0 heterocycles. The van der Waals surface area contributed by atoms with E-state index < -0.39 is 22.5 Å². The molecule has 2 rings (SSSR count). The number of para-hydroxylation sites is 1. The Bertz CT molecular complexity index is 980. The zero-order chi connectivity index (χ0) is 22.1. The van der Waals surface area contributed by atoms with Gasteiger partial charge in [-0.3, -0.25) is 13.9 Å². The molecule has 0 saturated heterocycles. The highest BCUT2D eigenvalue weighted by Gasteiger charge is 2.22.